The fraction of sp³-hybridized carbons (Fsp3) is 0.0545. The van der Waals surface area contributed by atoms with Crippen LogP contribution in [0.3, 0.4) is 0 Å². The van der Waals surface area contributed by atoms with Crippen molar-refractivity contribution in [3.63, 3.8) is 0 Å². The van der Waals surface area contributed by atoms with Crippen molar-refractivity contribution in [2.45, 2.75) is 5.41 Å². The number of nitrogens with zero attached hydrogens (tertiary/aromatic N) is 1. The second-order valence-corrected chi connectivity index (χ2v) is 16.4. The highest BCUT2D eigenvalue weighted by molar-refractivity contribution is 7.20. The Morgan fingerprint density at radius 3 is 1.51 bits per heavy atom. The lowest BCUT2D eigenvalue weighted by Crippen LogP contribution is -2.26. The molecule has 2 heterocycles. The van der Waals surface area contributed by atoms with Gasteiger partial charge in [-0.2, -0.15) is 0 Å². The molecule has 0 saturated carbocycles. The molecule has 0 radical (unpaired) electrons. The van der Waals surface area contributed by atoms with Gasteiger partial charge in [0.15, 0.2) is 11.5 Å². The van der Waals surface area contributed by atoms with Crippen LogP contribution in [0.2, 0.25) is 0 Å². The molecule has 1 spiro atoms. The number of fused-ring (bicyclic) bond motifs is 11. The smallest absolute Gasteiger partial charge is 0.197 e. The summed E-state index contributed by atoms with van der Waals surface area (Å²) < 4.78 is 13.2. The summed E-state index contributed by atoms with van der Waals surface area (Å²) in [5, 5.41) is 0.986. The van der Waals surface area contributed by atoms with E-state index in [1.54, 1.807) is 11.3 Å². The second kappa shape index (κ2) is 13.5. The Balaban J connectivity index is 1.16. The molecule has 0 saturated heterocycles. The van der Waals surface area contributed by atoms with Crippen LogP contribution < -0.4 is 14.4 Å². The first-order valence-corrected chi connectivity index (χ1v) is 21.1. The molecule has 0 fully saturated rings. The van der Waals surface area contributed by atoms with Crippen molar-refractivity contribution in [3.05, 3.63) is 222 Å². The third-order valence-electron chi connectivity index (χ3n) is 12.3. The fourth-order valence-electron chi connectivity index (χ4n) is 9.84. The van der Waals surface area contributed by atoms with Crippen LogP contribution in [-0.4, -0.2) is 13.2 Å². The number of rotatable bonds is 6. The van der Waals surface area contributed by atoms with Gasteiger partial charge in [0, 0.05) is 11.3 Å². The van der Waals surface area contributed by atoms with Gasteiger partial charge in [0.2, 0.25) is 0 Å². The summed E-state index contributed by atoms with van der Waals surface area (Å²) in [4.78, 5) is 3.50. The highest BCUT2D eigenvalue weighted by Crippen LogP contribution is 2.64. The average Bonchev–Trinajstić information content (AvgIpc) is 3.95. The molecule has 0 amide bonds. The summed E-state index contributed by atoms with van der Waals surface area (Å²) in [6.45, 7) is 0.982. The van der Waals surface area contributed by atoms with Crippen molar-refractivity contribution in [1.29, 1.82) is 0 Å². The Morgan fingerprint density at radius 2 is 0.898 bits per heavy atom. The zero-order valence-electron chi connectivity index (χ0n) is 32.1. The van der Waals surface area contributed by atoms with Crippen LogP contribution in [0, 0.1) is 0 Å². The Bertz CT molecular complexity index is 3000. The van der Waals surface area contributed by atoms with E-state index in [-0.39, 0.29) is 0 Å². The summed E-state index contributed by atoms with van der Waals surface area (Å²) in [5.41, 5.74) is 17.7. The SMILES string of the molecule is c1ccc(-c2ccc(N(c3ccc4c(c3)C3(c5ccccc5-c5ccccc53)c3ccccc3-4)c3sc(-c4ccccc4)c4c3OCCO4)c(-c3ccccc3)c2)cc1. The summed E-state index contributed by atoms with van der Waals surface area (Å²) in [7, 11) is 0. The van der Waals surface area contributed by atoms with Crippen LogP contribution in [0.1, 0.15) is 22.3 Å². The van der Waals surface area contributed by atoms with Gasteiger partial charge in [-0.15, -0.1) is 11.3 Å². The first kappa shape index (κ1) is 33.9. The van der Waals surface area contributed by atoms with E-state index in [0.717, 1.165) is 55.0 Å². The van der Waals surface area contributed by atoms with Gasteiger partial charge in [0.25, 0.3) is 0 Å². The third-order valence-corrected chi connectivity index (χ3v) is 13.5. The number of thiophene rings is 1. The standard InChI is InChI=1S/C55H37NO2S/c1-4-16-36(17-5-1)39-28-31-50(45(34-39)37-18-6-2-7-19-37)56(54-52-51(57-32-33-58-52)53(59-54)38-20-8-3-9-21-38)40-29-30-44-43-24-12-15-27-48(43)55(49(44)35-40)46-25-13-10-22-41(46)42-23-11-14-26-47(42)55/h1-31,34-35H,32-33H2. The lowest BCUT2D eigenvalue weighted by Gasteiger charge is -2.32. The number of hydrogen-bond acceptors (Lipinski definition) is 4. The quantitative estimate of drug-likeness (QED) is 0.168. The van der Waals surface area contributed by atoms with Gasteiger partial charge in [-0.25, -0.2) is 0 Å². The molecule has 0 bridgehead atoms. The average molecular weight is 776 g/mol. The number of ether oxygens (including phenoxy) is 2. The molecule has 0 unspecified atom stereocenters. The maximum absolute atomic E-state index is 6.69. The van der Waals surface area contributed by atoms with E-state index in [1.807, 2.05) is 0 Å². The summed E-state index contributed by atoms with van der Waals surface area (Å²) in [5.74, 6) is 1.58. The molecule has 3 aliphatic rings. The van der Waals surface area contributed by atoms with Crippen molar-refractivity contribution in [2.24, 2.45) is 0 Å². The van der Waals surface area contributed by atoms with Crippen molar-refractivity contribution < 1.29 is 9.47 Å². The van der Waals surface area contributed by atoms with Gasteiger partial charge in [0.1, 0.15) is 18.2 Å². The van der Waals surface area contributed by atoms with E-state index in [4.69, 9.17) is 9.47 Å². The lowest BCUT2D eigenvalue weighted by molar-refractivity contribution is 0.175. The van der Waals surface area contributed by atoms with E-state index in [1.165, 1.54) is 50.1 Å². The normalized spacial score (nSPS) is 13.7. The van der Waals surface area contributed by atoms with Crippen LogP contribution in [0.5, 0.6) is 11.5 Å². The molecular weight excluding hydrogens is 739 g/mol. The van der Waals surface area contributed by atoms with Crippen LogP contribution in [0.15, 0.2) is 200 Å². The molecule has 0 N–H and O–H groups in total. The minimum Gasteiger partial charge on any atom is -0.485 e. The Morgan fingerprint density at radius 1 is 0.390 bits per heavy atom. The van der Waals surface area contributed by atoms with Crippen LogP contribution in [-0.2, 0) is 5.41 Å². The van der Waals surface area contributed by atoms with Crippen molar-refractivity contribution in [1.82, 2.24) is 0 Å². The zero-order valence-corrected chi connectivity index (χ0v) is 33.0. The van der Waals surface area contributed by atoms with E-state index < -0.39 is 5.41 Å². The maximum atomic E-state index is 6.69. The maximum Gasteiger partial charge on any atom is 0.197 e. The predicted octanol–water partition coefficient (Wildman–Crippen LogP) is 14.3. The molecule has 0 atom stereocenters. The predicted molar refractivity (Wildman–Crippen MR) is 243 cm³/mol. The molecule has 8 aromatic carbocycles. The first-order valence-electron chi connectivity index (χ1n) is 20.3. The molecule has 1 aliphatic heterocycles. The minimum absolute atomic E-state index is 0.480. The van der Waals surface area contributed by atoms with E-state index in [2.05, 4.69) is 205 Å². The van der Waals surface area contributed by atoms with Gasteiger partial charge in [-0.1, -0.05) is 176 Å². The third kappa shape index (κ3) is 5.06. The molecule has 59 heavy (non-hydrogen) atoms. The van der Waals surface area contributed by atoms with Crippen LogP contribution >= 0.6 is 11.3 Å². The highest BCUT2D eigenvalue weighted by atomic mass is 32.1. The summed E-state index contributed by atoms with van der Waals surface area (Å²) in [6.07, 6.45) is 0. The van der Waals surface area contributed by atoms with Gasteiger partial charge in [0.05, 0.1) is 16.0 Å². The largest absolute Gasteiger partial charge is 0.485 e. The molecule has 4 heteroatoms. The molecule has 9 aromatic rings. The van der Waals surface area contributed by atoms with Gasteiger partial charge in [-0.3, -0.25) is 4.90 Å². The van der Waals surface area contributed by atoms with Gasteiger partial charge < -0.3 is 9.47 Å². The molecule has 3 nitrogen and oxygen atoms in total. The molecule has 12 rings (SSSR count). The molecule has 2 aliphatic carbocycles. The fourth-order valence-corrected chi connectivity index (χ4v) is 11.1. The Labute approximate surface area is 348 Å². The lowest BCUT2D eigenvalue weighted by atomic mass is 9.70. The number of hydrogen-bond donors (Lipinski definition) is 0. The van der Waals surface area contributed by atoms with Crippen molar-refractivity contribution in [3.8, 4) is 66.4 Å². The van der Waals surface area contributed by atoms with E-state index in [0.29, 0.717) is 13.2 Å². The molecular formula is C55H37NO2S. The van der Waals surface area contributed by atoms with Gasteiger partial charge >= 0.3 is 0 Å². The zero-order chi connectivity index (χ0) is 38.9. The van der Waals surface area contributed by atoms with E-state index >= 15 is 0 Å². The van der Waals surface area contributed by atoms with Crippen molar-refractivity contribution in [2.75, 3.05) is 18.1 Å². The number of benzene rings is 8. The highest BCUT2D eigenvalue weighted by Gasteiger charge is 2.51. The van der Waals surface area contributed by atoms with Crippen molar-refractivity contribution >= 4 is 27.7 Å². The number of anilines is 3. The Kier molecular flexibility index (Phi) is 7.75. The minimum atomic E-state index is -0.482. The molecule has 280 valence electrons. The van der Waals surface area contributed by atoms with E-state index in [9.17, 15) is 0 Å². The summed E-state index contributed by atoms with van der Waals surface area (Å²) >= 11 is 1.73. The monoisotopic (exact) mass is 775 g/mol. The topological polar surface area (TPSA) is 21.7 Å². The van der Waals surface area contributed by atoms with Crippen LogP contribution in [0.4, 0.5) is 16.4 Å². The second-order valence-electron chi connectivity index (χ2n) is 15.4. The van der Waals surface area contributed by atoms with Crippen LogP contribution in [0.25, 0.3) is 54.9 Å². The first-order chi connectivity index (χ1) is 29.3. The van der Waals surface area contributed by atoms with Gasteiger partial charge in [-0.05, 0) is 91.0 Å². The summed E-state index contributed by atoms with van der Waals surface area (Å²) in [6, 6.07) is 73.0. The molecule has 1 aromatic heterocycles. The Hall–Kier alpha value is -7.14.